The minimum absolute atomic E-state index is 0.0372. The molecule has 3 rings (SSSR count). The van der Waals surface area contributed by atoms with E-state index in [4.69, 9.17) is 56.5 Å². The number of hydrogen-bond donors (Lipinski definition) is 1. The van der Waals surface area contributed by atoms with Gasteiger partial charge in [0, 0.05) is 12.5 Å². The number of nitrogens with one attached hydrogen (secondary N) is 1. The molecule has 0 saturated heterocycles. The lowest BCUT2D eigenvalue weighted by Crippen LogP contribution is -2.29. The zero-order valence-corrected chi connectivity index (χ0v) is 34.3. The van der Waals surface area contributed by atoms with Gasteiger partial charge in [0.15, 0.2) is 8.32 Å². The van der Waals surface area contributed by atoms with Crippen molar-refractivity contribution in [3.63, 3.8) is 0 Å². The van der Waals surface area contributed by atoms with Gasteiger partial charge in [0.1, 0.15) is 6.61 Å². The SMILES string of the molecule is C[Si](C)(C)OCCOCCOCCOCCOCCOCCOCCOCCOCCOCCOCCNC(=O)OCC1c2ccccc2-c2ccccc21. The second-order valence-electron chi connectivity index (χ2n) is 13.3. The van der Waals surface area contributed by atoms with Crippen LogP contribution in [0.1, 0.15) is 17.0 Å². The summed E-state index contributed by atoms with van der Waals surface area (Å²) < 4.78 is 66.3. The molecule has 1 amide bonds. The number of ether oxygens (including phenoxy) is 11. The van der Waals surface area contributed by atoms with Crippen molar-refractivity contribution in [2.24, 2.45) is 0 Å². The van der Waals surface area contributed by atoms with Crippen molar-refractivity contribution >= 4 is 14.4 Å². The molecule has 15 heteroatoms. The molecule has 55 heavy (non-hydrogen) atoms. The van der Waals surface area contributed by atoms with Crippen LogP contribution in [0.25, 0.3) is 11.1 Å². The first kappa shape index (κ1) is 46.9. The summed E-state index contributed by atoms with van der Waals surface area (Å²) in [4.78, 5) is 12.2. The Hall–Kier alpha value is -2.51. The molecule has 0 aromatic heterocycles. The van der Waals surface area contributed by atoms with E-state index >= 15 is 0 Å². The van der Waals surface area contributed by atoms with Crippen LogP contribution in [0.3, 0.4) is 0 Å². The average molecular weight is 796 g/mol. The third kappa shape index (κ3) is 22.7. The summed E-state index contributed by atoms with van der Waals surface area (Å²) in [6.07, 6.45) is -0.452. The summed E-state index contributed by atoms with van der Waals surface area (Å²) in [6.45, 7) is 17.7. The Morgan fingerprint density at radius 2 is 0.782 bits per heavy atom. The van der Waals surface area contributed by atoms with Gasteiger partial charge >= 0.3 is 6.09 Å². The molecule has 0 bridgehead atoms. The van der Waals surface area contributed by atoms with Crippen molar-refractivity contribution in [2.75, 3.05) is 152 Å². The molecule has 2 aromatic rings. The van der Waals surface area contributed by atoms with Crippen LogP contribution in [0, 0.1) is 0 Å². The third-order valence-electron chi connectivity index (χ3n) is 7.97. The lowest BCUT2D eigenvalue weighted by Gasteiger charge is -2.16. The molecule has 1 N–H and O–H groups in total. The van der Waals surface area contributed by atoms with Gasteiger partial charge in [0.25, 0.3) is 0 Å². The number of benzene rings is 2. The highest BCUT2D eigenvalue weighted by Crippen LogP contribution is 2.44. The molecule has 0 heterocycles. The van der Waals surface area contributed by atoms with E-state index in [0.717, 1.165) is 0 Å². The lowest BCUT2D eigenvalue weighted by atomic mass is 9.98. The molecule has 0 radical (unpaired) electrons. The summed E-state index contributed by atoms with van der Waals surface area (Å²) in [5.41, 5.74) is 4.77. The molecule has 14 nitrogen and oxygen atoms in total. The summed E-state index contributed by atoms with van der Waals surface area (Å²) in [6, 6.07) is 16.5. The van der Waals surface area contributed by atoms with Crippen molar-refractivity contribution in [2.45, 2.75) is 25.6 Å². The maximum absolute atomic E-state index is 12.2. The fourth-order valence-electron chi connectivity index (χ4n) is 5.36. The van der Waals surface area contributed by atoms with Crippen LogP contribution in [0.15, 0.2) is 48.5 Å². The van der Waals surface area contributed by atoms with E-state index in [2.05, 4.69) is 49.2 Å². The largest absolute Gasteiger partial charge is 0.449 e. The Morgan fingerprint density at radius 1 is 0.473 bits per heavy atom. The summed E-state index contributed by atoms with van der Waals surface area (Å²) >= 11 is 0. The quantitative estimate of drug-likeness (QED) is 0.0764. The number of carbonyl (C=O) groups is 1. The normalized spacial score (nSPS) is 12.6. The van der Waals surface area contributed by atoms with Gasteiger partial charge in [-0.05, 0) is 41.9 Å². The van der Waals surface area contributed by atoms with Crippen molar-refractivity contribution in [3.05, 3.63) is 59.7 Å². The lowest BCUT2D eigenvalue weighted by molar-refractivity contribution is -0.0267. The standard InChI is InChI=1S/C40H65NO13Si/c1-55(2,3)54-33-32-52-31-30-51-29-28-50-27-26-49-25-24-48-23-22-47-21-20-46-19-18-45-17-16-44-15-14-43-13-12-41-40(42)53-34-39-37-10-6-4-8-35(37)36-9-5-7-11-38(36)39/h4-11,39H,12-34H2,1-3H3,(H,41,42). The Labute approximate surface area is 328 Å². The molecule has 0 aliphatic heterocycles. The summed E-state index contributed by atoms with van der Waals surface area (Å²) in [7, 11) is -1.46. The summed E-state index contributed by atoms with van der Waals surface area (Å²) in [5.74, 6) is 0.0372. The number of hydrogen-bond acceptors (Lipinski definition) is 13. The fourth-order valence-corrected chi connectivity index (χ4v) is 6.06. The molecule has 1 aliphatic carbocycles. The van der Waals surface area contributed by atoms with Gasteiger partial charge in [-0.3, -0.25) is 0 Å². The number of alkyl carbamates (subject to hydrolysis) is 1. The van der Waals surface area contributed by atoms with Gasteiger partial charge in [-0.15, -0.1) is 0 Å². The summed E-state index contributed by atoms with van der Waals surface area (Å²) in [5, 5.41) is 2.74. The zero-order valence-electron chi connectivity index (χ0n) is 33.3. The molecule has 0 unspecified atom stereocenters. The third-order valence-corrected chi connectivity index (χ3v) is 9.04. The first-order valence-corrected chi connectivity index (χ1v) is 22.9. The van der Waals surface area contributed by atoms with Crippen LogP contribution in [0.2, 0.25) is 19.6 Å². The Balaban J connectivity index is 0.946. The highest BCUT2D eigenvalue weighted by molar-refractivity contribution is 6.69. The molecule has 0 saturated carbocycles. The van der Waals surface area contributed by atoms with E-state index < -0.39 is 14.4 Å². The van der Waals surface area contributed by atoms with E-state index in [9.17, 15) is 4.79 Å². The smallest absolute Gasteiger partial charge is 0.407 e. The molecule has 0 spiro atoms. The fraction of sp³-hybridized carbons (Fsp3) is 0.675. The molecule has 0 fully saturated rings. The Kier molecular flexibility index (Phi) is 26.1. The molecule has 1 aliphatic rings. The first-order valence-electron chi connectivity index (χ1n) is 19.5. The highest BCUT2D eigenvalue weighted by Gasteiger charge is 2.29. The van der Waals surface area contributed by atoms with E-state index in [0.29, 0.717) is 145 Å². The van der Waals surface area contributed by atoms with Crippen LogP contribution in [0.5, 0.6) is 0 Å². The van der Waals surface area contributed by atoms with Crippen molar-refractivity contribution in [1.29, 1.82) is 0 Å². The van der Waals surface area contributed by atoms with Gasteiger partial charge in [0.2, 0.25) is 0 Å². The molecular formula is C40H65NO13Si. The van der Waals surface area contributed by atoms with E-state index in [1.165, 1.54) is 22.3 Å². The Bertz CT molecular complexity index is 1210. The minimum Gasteiger partial charge on any atom is -0.449 e. The number of fused-ring (bicyclic) bond motifs is 3. The number of amides is 1. The van der Waals surface area contributed by atoms with Gasteiger partial charge in [-0.2, -0.15) is 0 Å². The minimum atomic E-state index is -1.46. The van der Waals surface area contributed by atoms with Crippen LogP contribution in [-0.4, -0.2) is 166 Å². The number of rotatable bonds is 36. The van der Waals surface area contributed by atoms with E-state index in [-0.39, 0.29) is 12.5 Å². The van der Waals surface area contributed by atoms with Gasteiger partial charge in [-0.25, -0.2) is 4.79 Å². The second-order valence-corrected chi connectivity index (χ2v) is 17.9. The van der Waals surface area contributed by atoms with Crippen molar-refractivity contribution in [1.82, 2.24) is 5.32 Å². The molecule has 312 valence electrons. The topological polar surface area (TPSA) is 140 Å². The van der Waals surface area contributed by atoms with Gasteiger partial charge in [0.05, 0.1) is 139 Å². The van der Waals surface area contributed by atoms with Crippen LogP contribution >= 0.6 is 0 Å². The molecule has 2 aromatic carbocycles. The van der Waals surface area contributed by atoms with Crippen molar-refractivity contribution < 1.29 is 61.3 Å². The van der Waals surface area contributed by atoms with Crippen LogP contribution < -0.4 is 5.32 Å². The predicted molar refractivity (Wildman–Crippen MR) is 211 cm³/mol. The number of carbonyl (C=O) groups excluding carboxylic acids is 1. The highest BCUT2D eigenvalue weighted by atomic mass is 28.4. The molecule has 0 atom stereocenters. The Morgan fingerprint density at radius 3 is 1.13 bits per heavy atom. The zero-order chi connectivity index (χ0) is 39.1. The predicted octanol–water partition coefficient (Wildman–Crippen LogP) is 4.54. The maximum Gasteiger partial charge on any atom is 0.407 e. The van der Waals surface area contributed by atoms with E-state index in [1.807, 2.05) is 24.3 Å². The second kappa shape index (κ2) is 30.6. The van der Waals surface area contributed by atoms with Gasteiger partial charge in [-0.1, -0.05) is 48.5 Å². The van der Waals surface area contributed by atoms with E-state index in [1.54, 1.807) is 0 Å². The van der Waals surface area contributed by atoms with Crippen LogP contribution in [0.4, 0.5) is 4.79 Å². The monoisotopic (exact) mass is 795 g/mol. The van der Waals surface area contributed by atoms with Gasteiger partial charge < -0.3 is 61.8 Å². The maximum atomic E-state index is 12.2. The van der Waals surface area contributed by atoms with Crippen molar-refractivity contribution in [3.8, 4) is 11.1 Å². The average Bonchev–Trinajstić information content (AvgIpc) is 3.50. The molecular weight excluding hydrogens is 731 g/mol. The first-order chi connectivity index (χ1) is 27.0. The van der Waals surface area contributed by atoms with Crippen LogP contribution in [-0.2, 0) is 56.5 Å².